The van der Waals surface area contributed by atoms with Crippen LogP contribution in [0.5, 0.6) is 0 Å². The number of nitro benzene ring substituents is 1. The first-order valence-electron chi connectivity index (χ1n) is 3.89. The first kappa shape index (κ1) is 8.49. The normalized spacial score (nSPS) is 10.6. The van der Waals surface area contributed by atoms with Crippen molar-refractivity contribution in [3.05, 3.63) is 27.8 Å². The summed E-state index contributed by atoms with van der Waals surface area (Å²) in [5.74, 6) is 0. The summed E-state index contributed by atoms with van der Waals surface area (Å²) >= 11 is 0. The molecule has 2 aromatic rings. The number of non-ortho nitro benzene ring substituents is 1. The average Bonchev–Trinajstić information content (AvgIpc) is 2.45. The molecule has 0 amide bonds. The van der Waals surface area contributed by atoms with Gasteiger partial charge in [-0.2, -0.15) is 4.98 Å². The second-order valence-corrected chi connectivity index (χ2v) is 2.92. The SMILES string of the molecule is Cc1cc([N+](=O)[O-])cc2nc(N)oc12. The number of nitrogens with two attached hydrogens (primary N) is 1. The van der Waals surface area contributed by atoms with Crippen LogP contribution in [0.25, 0.3) is 11.1 Å². The van der Waals surface area contributed by atoms with Crippen LogP contribution in [0.4, 0.5) is 11.7 Å². The topological polar surface area (TPSA) is 95.2 Å². The van der Waals surface area contributed by atoms with Crippen LogP contribution in [0, 0.1) is 17.0 Å². The third-order valence-electron chi connectivity index (χ3n) is 1.89. The van der Waals surface area contributed by atoms with Crippen molar-refractivity contribution in [3.8, 4) is 0 Å². The van der Waals surface area contributed by atoms with Crippen LogP contribution in [0.2, 0.25) is 0 Å². The van der Waals surface area contributed by atoms with E-state index in [2.05, 4.69) is 4.98 Å². The van der Waals surface area contributed by atoms with Gasteiger partial charge in [-0.15, -0.1) is 0 Å². The molecule has 2 rings (SSSR count). The molecule has 6 heteroatoms. The number of oxazole rings is 1. The number of aromatic nitrogens is 1. The largest absolute Gasteiger partial charge is 0.423 e. The van der Waals surface area contributed by atoms with Crippen molar-refractivity contribution in [2.75, 3.05) is 5.73 Å². The molecule has 0 atom stereocenters. The third kappa shape index (κ3) is 1.17. The lowest BCUT2D eigenvalue weighted by molar-refractivity contribution is -0.384. The van der Waals surface area contributed by atoms with E-state index in [1.807, 2.05) is 0 Å². The van der Waals surface area contributed by atoms with Crippen LogP contribution in [-0.4, -0.2) is 9.91 Å². The molecule has 0 aliphatic heterocycles. The van der Waals surface area contributed by atoms with Gasteiger partial charge in [-0.3, -0.25) is 10.1 Å². The van der Waals surface area contributed by atoms with Crippen LogP contribution in [0.15, 0.2) is 16.5 Å². The molecule has 0 bridgehead atoms. The maximum absolute atomic E-state index is 10.5. The van der Waals surface area contributed by atoms with Gasteiger partial charge in [0.25, 0.3) is 11.7 Å². The highest BCUT2D eigenvalue weighted by atomic mass is 16.6. The molecule has 2 N–H and O–H groups in total. The van der Waals surface area contributed by atoms with Gasteiger partial charge in [0.05, 0.1) is 4.92 Å². The van der Waals surface area contributed by atoms with Gasteiger partial charge in [0, 0.05) is 17.7 Å². The number of nitrogen functional groups attached to an aromatic ring is 1. The second kappa shape index (κ2) is 2.69. The molecule has 0 radical (unpaired) electrons. The Hall–Kier alpha value is -2.11. The Morgan fingerprint density at radius 3 is 2.93 bits per heavy atom. The van der Waals surface area contributed by atoms with E-state index in [9.17, 15) is 10.1 Å². The monoisotopic (exact) mass is 193 g/mol. The third-order valence-corrected chi connectivity index (χ3v) is 1.89. The summed E-state index contributed by atoms with van der Waals surface area (Å²) in [7, 11) is 0. The highest BCUT2D eigenvalue weighted by Gasteiger charge is 2.13. The first-order valence-corrected chi connectivity index (χ1v) is 3.89. The molecule has 1 aromatic heterocycles. The van der Waals surface area contributed by atoms with Gasteiger partial charge in [-0.25, -0.2) is 0 Å². The Bertz CT molecular complexity index is 518. The zero-order valence-corrected chi connectivity index (χ0v) is 7.35. The molecule has 0 saturated carbocycles. The number of nitrogens with zero attached hydrogens (tertiary/aromatic N) is 2. The first-order chi connectivity index (χ1) is 6.58. The number of aryl methyl sites for hydroxylation is 1. The van der Waals surface area contributed by atoms with E-state index >= 15 is 0 Å². The Labute approximate surface area is 78.5 Å². The van der Waals surface area contributed by atoms with Crippen molar-refractivity contribution >= 4 is 22.8 Å². The van der Waals surface area contributed by atoms with Gasteiger partial charge in [-0.1, -0.05) is 0 Å². The molecule has 0 aliphatic rings. The standard InChI is InChI=1S/C8H7N3O3/c1-4-2-5(11(12)13)3-6-7(4)14-8(9)10-6/h2-3H,1H3,(H2,9,10). The molecule has 0 fully saturated rings. The number of nitro groups is 1. The van der Waals surface area contributed by atoms with E-state index < -0.39 is 4.92 Å². The van der Waals surface area contributed by atoms with Crippen molar-refractivity contribution in [2.45, 2.75) is 6.92 Å². The van der Waals surface area contributed by atoms with Crippen LogP contribution < -0.4 is 5.73 Å². The van der Waals surface area contributed by atoms with Crippen molar-refractivity contribution in [2.24, 2.45) is 0 Å². The fourth-order valence-electron chi connectivity index (χ4n) is 1.30. The number of anilines is 1. The summed E-state index contributed by atoms with van der Waals surface area (Å²) in [4.78, 5) is 13.9. The molecule has 0 unspecified atom stereocenters. The number of hydrogen-bond acceptors (Lipinski definition) is 5. The highest BCUT2D eigenvalue weighted by Crippen LogP contribution is 2.25. The minimum atomic E-state index is -0.475. The van der Waals surface area contributed by atoms with Crippen molar-refractivity contribution in [1.82, 2.24) is 4.98 Å². The number of benzene rings is 1. The van der Waals surface area contributed by atoms with Crippen LogP contribution >= 0.6 is 0 Å². The molecule has 0 spiro atoms. The van der Waals surface area contributed by atoms with Gasteiger partial charge in [-0.05, 0) is 6.92 Å². The van der Waals surface area contributed by atoms with E-state index in [0.29, 0.717) is 16.7 Å². The average molecular weight is 193 g/mol. The second-order valence-electron chi connectivity index (χ2n) is 2.92. The number of hydrogen-bond donors (Lipinski definition) is 1. The van der Waals surface area contributed by atoms with E-state index in [1.54, 1.807) is 6.92 Å². The quantitative estimate of drug-likeness (QED) is 0.548. The lowest BCUT2D eigenvalue weighted by atomic mass is 10.2. The maximum atomic E-state index is 10.5. The molecule has 72 valence electrons. The Balaban J connectivity index is 2.77. The summed E-state index contributed by atoms with van der Waals surface area (Å²) in [5, 5.41) is 10.5. The summed E-state index contributed by atoms with van der Waals surface area (Å²) < 4.78 is 5.08. The number of rotatable bonds is 1. The Morgan fingerprint density at radius 1 is 1.57 bits per heavy atom. The van der Waals surface area contributed by atoms with Gasteiger partial charge in [0.15, 0.2) is 5.58 Å². The van der Waals surface area contributed by atoms with Crippen molar-refractivity contribution in [1.29, 1.82) is 0 Å². The summed E-state index contributed by atoms with van der Waals surface area (Å²) in [6, 6.07) is 2.78. The maximum Gasteiger partial charge on any atom is 0.293 e. The minimum Gasteiger partial charge on any atom is -0.423 e. The van der Waals surface area contributed by atoms with E-state index in [0.717, 1.165) is 0 Å². The molecule has 14 heavy (non-hydrogen) atoms. The molecule has 0 saturated heterocycles. The zero-order chi connectivity index (χ0) is 10.3. The van der Waals surface area contributed by atoms with Crippen LogP contribution in [0.1, 0.15) is 5.56 Å². The summed E-state index contributed by atoms with van der Waals surface area (Å²) in [6.07, 6.45) is 0. The van der Waals surface area contributed by atoms with Crippen LogP contribution in [-0.2, 0) is 0 Å². The lowest BCUT2D eigenvalue weighted by Gasteiger charge is -1.93. The van der Waals surface area contributed by atoms with Gasteiger partial charge in [0.2, 0.25) is 0 Å². The van der Waals surface area contributed by atoms with Crippen molar-refractivity contribution < 1.29 is 9.34 Å². The zero-order valence-electron chi connectivity index (χ0n) is 7.35. The highest BCUT2D eigenvalue weighted by molar-refractivity contribution is 5.80. The minimum absolute atomic E-state index is 0.0108. The Kier molecular flexibility index (Phi) is 1.63. The predicted octanol–water partition coefficient (Wildman–Crippen LogP) is 1.63. The molecule has 1 aromatic carbocycles. The fraction of sp³-hybridized carbons (Fsp3) is 0.125. The summed E-state index contributed by atoms with van der Waals surface area (Å²) in [5.41, 5.74) is 6.88. The molecule has 1 heterocycles. The Morgan fingerprint density at radius 2 is 2.29 bits per heavy atom. The lowest BCUT2D eigenvalue weighted by Crippen LogP contribution is -1.88. The molecule has 0 aliphatic carbocycles. The molecular weight excluding hydrogens is 186 g/mol. The van der Waals surface area contributed by atoms with E-state index in [4.69, 9.17) is 10.2 Å². The predicted molar refractivity (Wildman–Crippen MR) is 49.8 cm³/mol. The van der Waals surface area contributed by atoms with Crippen molar-refractivity contribution in [3.63, 3.8) is 0 Å². The van der Waals surface area contributed by atoms with Gasteiger partial charge in [0.1, 0.15) is 5.52 Å². The summed E-state index contributed by atoms with van der Waals surface area (Å²) in [6.45, 7) is 1.71. The smallest absolute Gasteiger partial charge is 0.293 e. The van der Waals surface area contributed by atoms with Gasteiger partial charge < -0.3 is 10.2 Å². The van der Waals surface area contributed by atoms with Gasteiger partial charge >= 0.3 is 0 Å². The van der Waals surface area contributed by atoms with Crippen LogP contribution in [0.3, 0.4) is 0 Å². The van der Waals surface area contributed by atoms with E-state index in [-0.39, 0.29) is 11.7 Å². The number of fused-ring (bicyclic) bond motifs is 1. The fourth-order valence-corrected chi connectivity index (χ4v) is 1.30. The molecule has 6 nitrogen and oxygen atoms in total. The van der Waals surface area contributed by atoms with E-state index in [1.165, 1.54) is 12.1 Å². The molecular formula is C8H7N3O3.